The zero-order valence-corrected chi connectivity index (χ0v) is 18.4. The van der Waals surface area contributed by atoms with Crippen LogP contribution >= 0.6 is 11.8 Å². The summed E-state index contributed by atoms with van der Waals surface area (Å²) in [6.45, 7) is 6.76. The van der Waals surface area contributed by atoms with Crippen LogP contribution in [0.4, 0.5) is 0 Å². The Morgan fingerprint density at radius 3 is 2.67 bits per heavy atom. The lowest BCUT2D eigenvalue weighted by atomic mass is 10.0. The molecule has 0 spiro atoms. The van der Waals surface area contributed by atoms with E-state index in [0.717, 1.165) is 28.3 Å². The van der Waals surface area contributed by atoms with Gasteiger partial charge in [-0.2, -0.15) is 0 Å². The zero-order valence-electron chi connectivity index (χ0n) is 17.6. The molecule has 158 valence electrons. The van der Waals surface area contributed by atoms with E-state index in [1.54, 1.807) is 0 Å². The molecule has 0 aliphatic rings. The number of rotatable bonds is 10. The van der Waals surface area contributed by atoms with Gasteiger partial charge < -0.3 is 14.3 Å². The molecule has 3 aromatic rings. The maximum absolute atomic E-state index is 10.6. The average Bonchev–Trinajstić information content (AvgIpc) is 3.09. The summed E-state index contributed by atoms with van der Waals surface area (Å²) < 4.78 is 11.8. The molecular formula is C24H27NO4S. The molecule has 0 aliphatic carbocycles. The quantitative estimate of drug-likeness (QED) is 0.448. The van der Waals surface area contributed by atoms with Crippen molar-refractivity contribution in [2.45, 2.75) is 38.9 Å². The number of benzene rings is 2. The van der Waals surface area contributed by atoms with Crippen LogP contribution < -0.4 is 4.74 Å². The lowest BCUT2D eigenvalue weighted by molar-refractivity contribution is -0.133. The number of nitrogens with zero attached hydrogens (tertiary/aromatic N) is 1. The molecule has 1 heterocycles. The molecule has 1 aromatic heterocycles. The summed E-state index contributed by atoms with van der Waals surface area (Å²) in [6, 6.07) is 16.1. The van der Waals surface area contributed by atoms with Gasteiger partial charge in [0.1, 0.15) is 11.5 Å². The van der Waals surface area contributed by atoms with Crippen LogP contribution in [0.15, 0.2) is 52.9 Å². The minimum Gasteiger partial charge on any atom is -0.493 e. The number of ether oxygens (including phenoxy) is 1. The largest absolute Gasteiger partial charge is 0.493 e. The van der Waals surface area contributed by atoms with Gasteiger partial charge in [0.2, 0.25) is 5.89 Å². The van der Waals surface area contributed by atoms with E-state index in [1.807, 2.05) is 31.2 Å². The number of aryl methyl sites for hydroxylation is 1. The molecule has 6 heteroatoms. The molecule has 0 bridgehead atoms. The smallest absolute Gasteiger partial charge is 0.313 e. The first-order valence-electron chi connectivity index (χ1n) is 10.0. The highest BCUT2D eigenvalue weighted by atomic mass is 32.2. The van der Waals surface area contributed by atoms with Gasteiger partial charge in [0.15, 0.2) is 0 Å². The van der Waals surface area contributed by atoms with Crippen LogP contribution in [0.3, 0.4) is 0 Å². The molecule has 3 rings (SSSR count). The molecule has 2 aromatic carbocycles. The number of oxazole rings is 1. The van der Waals surface area contributed by atoms with Crippen LogP contribution in [-0.2, 0) is 17.0 Å². The summed E-state index contributed by atoms with van der Waals surface area (Å²) in [4.78, 5) is 15.3. The van der Waals surface area contributed by atoms with E-state index >= 15 is 0 Å². The Bertz CT molecular complexity index is 979. The predicted molar refractivity (Wildman–Crippen MR) is 120 cm³/mol. The number of carboxylic acid groups (broad SMARTS) is 1. The molecule has 0 radical (unpaired) electrons. The second kappa shape index (κ2) is 10.3. The Labute approximate surface area is 181 Å². The second-order valence-electron chi connectivity index (χ2n) is 7.43. The van der Waals surface area contributed by atoms with Gasteiger partial charge in [0.05, 0.1) is 18.1 Å². The van der Waals surface area contributed by atoms with Crippen molar-refractivity contribution in [2.24, 2.45) is 0 Å². The molecule has 5 nitrogen and oxygen atoms in total. The number of hydrogen-bond donors (Lipinski definition) is 1. The fourth-order valence-electron chi connectivity index (χ4n) is 3.04. The Kier molecular flexibility index (Phi) is 7.57. The third-order valence-corrected chi connectivity index (χ3v) is 5.71. The van der Waals surface area contributed by atoms with Gasteiger partial charge in [-0.25, -0.2) is 4.98 Å². The molecule has 0 saturated carbocycles. The number of aromatic nitrogens is 1. The molecule has 30 heavy (non-hydrogen) atoms. The van der Waals surface area contributed by atoms with Crippen LogP contribution in [0.2, 0.25) is 0 Å². The lowest BCUT2D eigenvalue weighted by Gasteiger charge is -2.07. The molecule has 0 atom stereocenters. The number of aliphatic carboxylic acids is 1. The van der Waals surface area contributed by atoms with E-state index in [9.17, 15) is 4.79 Å². The first-order chi connectivity index (χ1) is 14.4. The van der Waals surface area contributed by atoms with E-state index < -0.39 is 5.97 Å². The second-order valence-corrected chi connectivity index (χ2v) is 8.42. The highest BCUT2D eigenvalue weighted by Gasteiger charge is 2.12. The van der Waals surface area contributed by atoms with Gasteiger partial charge in [-0.3, -0.25) is 4.79 Å². The molecule has 0 saturated heterocycles. The SMILES string of the molecule is Cc1oc(-c2ccc(C(C)C)cc2)nc1CCOc1cccc(CSCC(=O)O)c1. The van der Waals surface area contributed by atoms with Crippen LogP contribution in [0.25, 0.3) is 11.5 Å². The van der Waals surface area contributed by atoms with Crippen molar-refractivity contribution in [2.75, 3.05) is 12.4 Å². The first kappa shape index (κ1) is 22.0. The van der Waals surface area contributed by atoms with E-state index in [4.69, 9.17) is 14.3 Å². The van der Waals surface area contributed by atoms with Crippen LogP contribution in [0.5, 0.6) is 5.75 Å². The Morgan fingerprint density at radius 1 is 1.20 bits per heavy atom. The summed E-state index contributed by atoms with van der Waals surface area (Å²) in [6.07, 6.45) is 0.650. The first-order valence-corrected chi connectivity index (χ1v) is 11.2. The average molecular weight is 426 g/mol. The Morgan fingerprint density at radius 2 is 1.97 bits per heavy atom. The van der Waals surface area contributed by atoms with Gasteiger partial charge in [0.25, 0.3) is 0 Å². The number of carbonyl (C=O) groups is 1. The molecular weight excluding hydrogens is 398 g/mol. The van der Waals surface area contributed by atoms with Gasteiger partial charge in [-0.1, -0.05) is 38.1 Å². The molecule has 0 aliphatic heterocycles. The standard InChI is InChI=1S/C24H27NO4S/c1-16(2)19-7-9-20(10-8-19)24-25-22(17(3)29-24)11-12-28-21-6-4-5-18(13-21)14-30-15-23(26)27/h4-10,13,16H,11-12,14-15H2,1-3H3,(H,26,27). The number of thioether (sulfide) groups is 1. The minimum atomic E-state index is -0.800. The lowest BCUT2D eigenvalue weighted by Crippen LogP contribution is -2.03. The van der Waals surface area contributed by atoms with Crippen molar-refractivity contribution < 1.29 is 19.1 Å². The number of hydrogen-bond acceptors (Lipinski definition) is 5. The van der Waals surface area contributed by atoms with Crippen LogP contribution in [0, 0.1) is 6.92 Å². The zero-order chi connectivity index (χ0) is 21.5. The van der Waals surface area contributed by atoms with E-state index in [-0.39, 0.29) is 5.75 Å². The highest BCUT2D eigenvalue weighted by molar-refractivity contribution is 7.99. The molecule has 0 fully saturated rings. The van der Waals surface area contributed by atoms with E-state index in [2.05, 4.69) is 43.1 Å². The van der Waals surface area contributed by atoms with Crippen molar-refractivity contribution in [3.8, 4) is 17.2 Å². The van der Waals surface area contributed by atoms with Crippen molar-refractivity contribution >= 4 is 17.7 Å². The molecule has 0 unspecified atom stereocenters. The summed E-state index contributed by atoms with van der Waals surface area (Å²) >= 11 is 1.37. The Balaban J connectivity index is 1.56. The summed E-state index contributed by atoms with van der Waals surface area (Å²) in [5.74, 6) is 2.65. The fourth-order valence-corrected chi connectivity index (χ4v) is 3.73. The molecule has 0 amide bonds. The normalized spacial score (nSPS) is 11.1. The maximum Gasteiger partial charge on any atom is 0.313 e. The predicted octanol–water partition coefficient (Wildman–Crippen LogP) is 5.71. The van der Waals surface area contributed by atoms with Crippen molar-refractivity contribution in [3.63, 3.8) is 0 Å². The third-order valence-electron chi connectivity index (χ3n) is 4.72. The fraction of sp³-hybridized carbons (Fsp3) is 0.333. The van der Waals surface area contributed by atoms with Crippen LogP contribution in [-0.4, -0.2) is 28.4 Å². The van der Waals surface area contributed by atoms with Crippen LogP contribution in [0.1, 0.15) is 42.3 Å². The monoisotopic (exact) mass is 425 g/mol. The summed E-state index contributed by atoms with van der Waals surface area (Å²) in [7, 11) is 0. The van der Waals surface area contributed by atoms with Crippen molar-refractivity contribution in [3.05, 3.63) is 71.1 Å². The van der Waals surface area contributed by atoms with Crippen molar-refractivity contribution in [1.82, 2.24) is 4.98 Å². The van der Waals surface area contributed by atoms with Gasteiger partial charge in [0, 0.05) is 17.7 Å². The van der Waals surface area contributed by atoms with E-state index in [0.29, 0.717) is 30.6 Å². The summed E-state index contributed by atoms with van der Waals surface area (Å²) in [5, 5.41) is 8.74. The number of carboxylic acids is 1. The van der Waals surface area contributed by atoms with Crippen molar-refractivity contribution in [1.29, 1.82) is 0 Å². The van der Waals surface area contributed by atoms with Gasteiger partial charge in [-0.05, 0) is 48.2 Å². The molecule has 1 N–H and O–H groups in total. The Hall–Kier alpha value is -2.73. The maximum atomic E-state index is 10.6. The highest BCUT2D eigenvalue weighted by Crippen LogP contribution is 2.25. The van der Waals surface area contributed by atoms with Gasteiger partial charge in [-0.15, -0.1) is 11.8 Å². The third kappa shape index (κ3) is 6.13. The summed E-state index contributed by atoms with van der Waals surface area (Å²) in [5.41, 5.74) is 4.20. The van der Waals surface area contributed by atoms with E-state index in [1.165, 1.54) is 17.3 Å². The van der Waals surface area contributed by atoms with Gasteiger partial charge >= 0.3 is 5.97 Å². The minimum absolute atomic E-state index is 0.0963. The topological polar surface area (TPSA) is 72.6 Å².